The lowest BCUT2D eigenvalue weighted by atomic mass is 9.77. The van der Waals surface area contributed by atoms with Gasteiger partial charge in [-0.3, -0.25) is 14.5 Å². The molecule has 3 atom stereocenters. The number of oxime groups is 1. The van der Waals surface area contributed by atoms with Crippen molar-refractivity contribution in [3.05, 3.63) is 130 Å². The zero-order valence-corrected chi connectivity index (χ0v) is 32.7. The zero-order chi connectivity index (χ0) is 38.7. The number of ether oxygens (including phenoxy) is 1. The van der Waals surface area contributed by atoms with Gasteiger partial charge in [-0.05, 0) is 29.5 Å². The molecule has 3 saturated heterocycles. The second-order valence-corrected chi connectivity index (χ2v) is 16.8. The fourth-order valence-electron chi connectivity index (χ4n) is 8.21. The summed E-state index contributed by atoms with van der Waals surface area (Å²) in [5.41, 5.74) is 2.84. The summed E-state index contributed by atoms with van der Waals surface area (Å²) in [5, 5.41) is 25.0. The topological polar surface area (TPSA) is 145 Å². The van der Waals surface area contributed by atoms with Crippen LogP contribution in [-0.2, 0) is 29.5 Å². The zero-order valence-electron chi connectivity index (χ0n) is 31.1. The van der Waals surface area contributed by atoms with E-state index in [1.54, 1.807) is 5.38 Å². The van der Waals surface area contributed by atoms with E-state index in [0.29, 0.717) is 36.0 Å². The van der Waals surface area contributed by atoms with Crippen molar-refractivity contribution in [1.29, 1.82) is 0 Å². The highest BCUT2D eigenvalue weighted by Gasteiger charge is 2.54. The van der Waals surface area contributed by atoms with Crippen molar-refractivity contribution in [1.82, 2.24) is 15.2 Å². The number of carboxylic acid groups (broad SMARTS) is 1. The highest BCUT2D eigenvalue weighted by atomic mass is 32.2. The number of carboxylic acids is 1. The molecule has 2 unspecified atom stereocenters. The Morgan fingerprint density at radius 2 is 1.59 bits per heavy atom. The van der Waals surface area contributed by atoms with Gasteiger partial charge in [0.25, 0.3) is 11.8 Å². The Labute approximate surface area is 334 Å². The number of fused-ring (bicyclic) bond motifs is 1. The molecule has 14 heteroatoms. The summed E-state index contributed by atoms with van der Waals surface area (Å²) in [7, 11) is 2.12. The SMILES string of the molecule is C[N+]1(CC2=C(C(=O)[O-])N3C(=O)C(NC(=O)C(=NOC4CCCCO4)c4csc(NC(c5ccccc5)(c5ccccc5)c5ccccc5)n4)[C@@H]3SC2)CCCC1. The first-order valence-corrected chi connectivity index (χ1v) is 21.0. The molecule has 4 aliphatic heterocycles. The predicted molar refractivity (Wildman–Crippen MR) is 213 cm³/mol. The Morgan fingerprint density at radius 1 is 0.964 bits per heavy atom. The molecule has 3 fully saturated rings. The summed E-state index contributed by atoms with van der Waals surface area (Å²) < 4.78 is 6.47. The number of hydrogen-bond acceptors (Lipinski definition) is 11. The molecule has 12 nitrogen and oxygen atoms in total. The van der Waals surface area contributed by atoms with E-state index in [9.17, 15) is 19.5 Å². The molecule has 4 aromatic rings. The second kappa shape index (κ2) is 16.2. The van der Waals surface area contributed by atoms with Gasteiger partial charge in [-0.15, -0.1) is 23.1 Å². The van der Waals surface area contributed by atoms with Crippen LogP contribution in [0.25, 0.3) is 0 Å². The van der Waals surface area contributed by atoms with Crippen LogP contribution in [0.4, 0.5) is 5.13 Å². The van der Waals surface area contributed by atoms with Crippen molar-refractivity contribution in [2.75, 3.05) is 44.4 Å². The lowest BCUT2D eigenvalue weighted by Crippen LogP contribution is -2.71. The lowest BCUT2D eigenvalue weighted by molar-refractivity contribution is -0.893. The number of thiazole rings is 1. The number of likely N-dealkylation sites (tertiary alicyclic amines) is 1. The maximum absolute atomic E-state index is 14.2. The molecule has 0 spiro atoms. The van der Waals surface area contributed by atoms with Crippen LogP contribution in [0.1, 0.15) is 54.5 Å². The molecule has 0 bridgehead atoms. The van der Waals surface area contributed by atoms with E-state index in [4.69, 9.17) is 14.6 Å². The summed E-state index contributed by atoms with van der Waals surface area (Å²) >= 11 is 2.75. The van der Waals surface area contributed by atoms with Crippen molar-refractivity contribution in [2.24, 2.45) is 5.16 Å². The summed E-state index contributed by atoms with van der Waals surface area (Å²) in [6.07, 6.45) is 3.96. The minimum absolute atomic E-state index is 0.0730. The normalized spacial score (nSPS) is 22.2. The monoisotopic (exact) mass is 792 g/mol. The van der Waals surface area contributed by atoms with Crippen molar-refractivity contribution in [2.45, 2.75) is 55.3 Å². The fraction of sp³-hybridized carbons (Fsp3) is 0.357. The molecular formula is C42H44N6O6S2. The number of nitrogens with zero attached hydrogens (tertiary/aromatic N) is 4. The van der Waals surface area contributed by atoms with Crippen LogP contribution in [0.2, 0.25) is 0 Å². The van der Waals surface area contributed by atoms with Gasteiger partial charge >= 0.3 is 0 Å². The number of β-lactam (4-membered cyclic amide) rings is 1. The smallest absolute Gasteiger partial charge is 0.276 e. The van der Waals surface area contributed by atoms with Crippen molar-refractivity contribution in [3.8, 4) is 0 Å². The second-order valence-electron chi connectivity index (χ2n) is 14.9. The van der Waals surface area contributed by atoms with E-state index in [2.05, 4.69) is 59.2 Å². The first kappa shape index (κ1) is 37.9. The highest BCUT2D eigenvalue weighted by molar-refractivity contribution is 8.00. The van der Waals surface area contributed by atoms with E-state index < -0.39 is 41.0 Å². The molecule has 3 aromatic carbocycles. The molecule has 2 N–H and O–H groups in total. The van der Waals surface area contributed by atoms with Gasteiger partial charge in [0.05, 0.1) is 38.4 Å². The van der Waals surface area contributed by atoms with Crippen LogP contribution < -0.4 is 15.7 Å². The van der Waals surface area contributed by atoms with E-state index in [1.165, 1.54) is 28.0 Å². The maximum Gasteiger partial charge on any atom is 0.276 e. The molecule has 56 heavy (non-hydrogen) atoms. The molecule has 8 rings (SSSR count). The van der Waals surface area contributed by atoms with Gasteiger partial charge in [0, 0.05) is 36.0 Å². The third-order valence-corrected chi connectivity index (χ3v) is 13.1. The van der Waals surface area contributed by atoms with Gasteiger partial charge in [0.15, 0.2) is 10.8 Å². The van der Waals surface area contributed by atoms with Gasteiger partial charge < -0.3 is 34.6 Å². The van der Waals surface area contributed by atoms with Crippen molar-refractivity contribution >= 4 is 51.7 Å². The molecule has 2 amide bonds. The summed E-state index contributed by atoms with van der Waals surface area (Å²) in [6.45, 7) is 2.98. The number of aliphatic carboxylic acids is 1. The van der Waals surface area contributed by atoms with E-state index >= 15 is 0 Å². The molecule has 4 aliphatic rings. The highest BCUT2D eigenvalue weighted by Crippen LogP contribution is 2.42. The van der Waals surface area contributed by atoms with E-state index in [1.807, 2.05) is 54.6 Å². The van der Waals surface area contributed by atoms with Crippen LogP contribution in [0.3, 0.4) is 0 Å². The van der Waals surface area contributed by atoms with Gasteiger partial charge in [0.1, 0.15) is 29.2 Å². The maximum atomic E-state index is 14.2. The van der Waals surface area contributed by atoms with Crippen molar-refractivity contribution < 1.29 is 33.5 Å². The Morgan fingerprint density at radius 3 is 2.16 bits per heavy atom. The number of hydrogen-bond donors (Lipinski definition) is 2. The number of anilines is 1. The van der Waals surface area contributed by atoms with Gasteiger partial charge in [0.2, 0.25) is 6.29 Å². The van der Waals surface area contributed by atoms with E-state index in [-0.39, 0.29) is 17.1 Å². The Balaban J connectivity index is 1.09. The number of likely N-dealkylation sites (N-methyl/N-ethyl adjacent to an activating group) is 1. The standard InChI is InChI=1S/C42H44N6O6S2/c1-48(22-12-13-23-48)25-28-26-55-39-35(38(50)47(39)36(28)40(51)52)44-37(49)34(46-54-33-21-11-14-24-53-33)32-27-56-41(43-32)45-42(29-15-5-2-6-16-29,30-17-7-3-8-18-30)31-19-9-4-10-20-31/h2-10,15-20,27,33,35,39H,11-14,21-26H2,1H3,(H2-,43,44,45,49,51,52)/t33?,35?,39-/m0/s1. The molecule has 0 aliphatic carbocycles. The number of amides is 2. The summed E-state index contributed by atoms with van der Waals surface area (Å²) in [5.74, 6) is -2.13. The Kier molecular flexibility index (Phi) is 11.0. The quantitative estimate of drug-likeness (QED) is 0.0661. The van der Waals surface area contributed by atoms with Crippen LogP contribution in [0.15, 0.2) is 113 Å². The molecule has 1 aromatic heterocycles. The van der Waals surface area contributed by atoms with Gasteiger partial charge in [-0.1, -0.05) is 96.2 Å². The van der Waals surface area contributed by atoms with Gasteiger partial charge in [-0.2, -0.15) is 0 Å². The minimum Gasteiger partial charge on any atom is -0.543 e. The average molecular weight is 793 g/mol. The first-order valence-electron chi connectivity index (χ1n) is 19.0. The number of carbonyl (C=O) groups excluding carboxylic acids is 3. The first-order chi connectivity index (χ1) is 27.3. The predicted octanol–water partition coefficient (Wildman–Crippen LogP) is 4.44. The Bertz CT molecular complexity index is 2020. The number of carbonyl (C=O) groups is 3. The van der Waals surface area contributed by atoms with Crippen LogP contribution in [0, 0.1) is 0 Å². The summed E-state index contributed by atoms with van der Waals surface area (Å²) in [6, 6.07) is 29.4. The van der Waals surface area contributed by atoms with Gasteiger partial charge in [-0.25, -0.2) is 4.98 Å². The van der Waals surface area contributed by atoms with Crippen LogP contribution in [-0.4, -0.2) is 94.6 Å². The number of aromatic nitrogens is 1. The number of benzene rings is 3. The number of nitrogens with one attached hydrogen (secondary N) is 2. The van der Waals surface area contributed by atoms with Crippen LogP contribution >= 0.6 is 23.1 Å². The molecule has 290 valence electrons. The number of rotatable bonds is 13. The third kappa shape index (κ3) is 7.46. The Hall–Kier alpha value is -5.02. The largest absolute Gasteiger partial charge is 0.543 e. The molecule has 0 saturated carbocycles. The average Bonchev–Trinajstić information content (AvgIpc) is 3.89. The third-order valence-electron chi connectivity index (χ3n) is 11.0. The molecular weight excluding hydrogens is 749 g/mol. The fourth-order valence-corrected chi connectivity index (χ4v) is 10.3. The number of quaternary nitrogens is 1. The number of thioether (sulfide) groups is 1. The minimum atomic E-state index is -1.38. The molecule has 0 radical (unpaired) electrons. The van der Waals surface area contributed by atoms with Crippen molar-refractivity contribution in [3.63, 3.8) is 0 Å². The summed E-state index contributed by atoms with van der Waals surface area (Å²) in [4.78, 5) is 52.4. The lowest BCUT2D eigenvalue weighted by Gasteiger charge is -2.51. The van der Waals surface area contributed by atoms with Crippen LogP contribution in [0.5, 0.6) is 0 Å². The van der Waals surface area contributed by atoms with E-state index in [0.717, 1.165) is 59.9 Å². The molecule has 5 heterocycles.